The monoisotopic (exact) mass is 413 g/mol. The number of fused-ring (bicyclic) bond motifs is 1. The maximum atomic E-state index is 12.6. The molecule has 0 fully saturated rings. The van der Waals surface area contributed by atoms with E-state index in [1.165, 1.54) is 0 Å². The highest BCUT2D eigenvalue weighted by molar-refractivity contribution is 6.01. The number of aromatic amines is 1. The SMILES string of the molecule is O=C(Nc1cc(-c2cccc3c2OCCO3)ccn1)c1n[nH]c(Cc2ccccc2)n1. The highest BCUT2D eigenvalue weighted by Crippen LogP contribution is 2.40. The molecule has 0 saturated heterocycles. The fourth-order valence-electron chi connectivity index (χ4n) is 3.40. The van der Waals surface area contributed by atoms with E-state index in [0.29, 0.717) is 42.8 Å². The van der Waals surface area contributed by atoms with Gasteiger partial charge in [0.05, 0.1) is 0 Å². The maximum Gasteiger partial charge on any atom is 0.296 e. The van der Waals surface area contributed by atoms with Crippen molar-refractivity contribution in [2.75, 3.05) is 18.5 Å². The van der Waals surface area contributed by atoms with Crippen LogP contribution in [0.2, 0.25) is 0 Å². The lowest BCUT2D eigenvalue weighted by molar-refractivity contribution is 0.101. The van der Waals surface area contributed by atoms with Gasteiger partial charge in [-0.05, 0) is 29.3 Å². The second-order valence-electron chi connectivity index (χ2n) is 6.98. The van der Waals surface area contributed by atoms with Crippen LogP contribution in [0.5, 0.6) is 11.5 Å². The average molecular weight is 413 g/mol. The number of carbonyl (C=O) groups excluding carboxylic acids is 1. The van der Waals surface area contributed by atoms with Gasteiger partial charge in [-0.2, -0.15) is 0 Å². The van der Waals surface area contributed by atoms with Gasteiger partial charge >= 0.3 is 0 Å². The number of carbonyl (C=O) groups is 1. The first-order valence-electron chi connectivity index (χ1n) is 9.88. The van der Waals surface area contributed by atoms with Crippen molar-refractivity contribution in [2.45, 2.75) is 6.42 Å². The van der Waals surface area contributed by atoms with Gasteiger partial charge in [-0.1, -0.05) is 42.5 Å². The van der Waals surface area contributed by atoms with Gasteiger partial charge in [-0.25, -0.2) is 9.97 Å². The van der Waals surface area contributed by atoms with Crippen molar-refractivity contribution in [2.24, 2.45) is 0 Å². The molecule has 0 bridgehead atoms. The third kappa shape index (κ3) is 4.09. The summed E-state index contributed by atoms with van der Waals surface area (Å²) in [7, 11) is 0. The van der Waals surface area contributed by atoms with Crippen LogP contribution in [0.1, 0.15) is 22.0 Å². The normalized spacial score (nSPS) is 12.4. The predicted molar refractivity (Wildman–Crippen MR) is 114 cm³/mol. The Morgan fingerprint density at radius 3 is 2.81 bits per heavy atom. The van der Waals surface area contributed by atoms with Gasteiger partial charge in [-0.15, -0.1) is 5.10 Å². The van der Waals surface area contributed by atoms with E-state index in [2.05, 4.69) is 25.5 Å². The lowest BCUT2D eigenvalue weighted by atomic mass is 10.0. The second-order valence-corrected chi connectivity index (χ2v) is 6.98. The number of para-hydroxylation sites is 1. The lowest BCUT2D eigenvalue weighted by Crippen LogP contribution is -2.16. The number of ether oxygens (including phenoxy) is 2. The topological polar surface area (TPSA) is 102 Å². The van der Waals surface area contributed by atoms with Crippen molar-refractivity contribution in [3.63, 3.8) is 0 Å². The zero-order valence-corrected chi connectivity index (χ0v) is 16.5. The van der Waals surface area contributed by atoms with E-state index in [1.807, 2.05) is 54.6 Å². The molecule has 0 unspecified atom stereocenters. The number of aromatic nitrogens is 4. The van der Waals surface area contributed by atoms with Gasteiger partial charge in [-0.3, -0.25) is 9.89 Å². The molecule has 31 heavy (non-hydrogen) atoms. The molecule has 5 rings (SSSR count). The van der Waals surface area contributed by atoms with Crippen molar-refractivity contribution in [3.05, 3.63) is 84.1 Å². The summed E-state index contributed by atoms with van der Waals surface area (Å²) in [5.74, 6) is 2.04. The van der Waals surface area contributed by atoms with E-state index in [9.17, 15) is 4.79 Å². The smallest absolute Gasteiger partial charge is 0.296 e. The zero-order valence-electron chi connectivity index (χ0n) is 16.5. The molecule has 154 valence electrons. The number of pyridine rings is 1. The fourth-order valence-corrected chi connectivity index (χ4v) is 3.40. The lowest BCUT2D eigenvalue weighted by Gasteiger charge is -2.21. The van der Waals surface area contributed by atoms with E-state index < -0.39 is 5.91 Å². The third-order valence-corrected chi connectivity index (χ3v) is 4.83. The molecule has 1 aliphatic heterocycles. The number of anilines is 1. The first-order chi connectivity index (χ1) is 15.3. The second kappa shape index (κ2) is 8.27. The van der Waals surface area contributed by atoms with Gasteiger partial charge in [0, 0.05) is 18.2 Å². The van der Waals surface area contributed by atoms with Gasteiger partial charge in [0.15, 0.2) is 11.5 Å². The first kappa shape index (κ1) is 18.8. The molecule has 0 radical (unpaired) electrons. The maximum absolute atomic E-state index is 12.6. The van der Waals surface area contributed by atoms with Crippen LogP contribution in [0.25, 0.3) is 11.1 Å². The summed E-state index contributed by atoms with van der Waals surface area (Å²) < 4.78 is 11.4. The standard InChI is InChI=1S/C23H19N5O3/c29-23(22-25-20(27-28-22)13-15-5-2-1-3-6-15)26-19-14-16(9-10-24-19)17-7-4-8-18-21(17)31-12-11-30-18/h1-10,14H,11-13H2,(H,24,26,29)(H,25,27,28). The molecule has 2 N–H and O–H groups in total. The Balaban J connectivity index is 1.33. The Morgan fingerprint density at radius 2 is 1.90 bits per heavy atom. The summed E-state index contributed by atoms with van der Waals surface area (Å²) in [5.41, 5.74) is 2.81. The molecular weight excluding hydrogens is 394 g/mol. The third-order valence-electron chi connectivity index (χ3n) is 4.83. The summed E-state index contributed by atoms with van der Waals surface area (Å²) in [5, 5.41) is 9.61. The van der Waals surface area contributed by atoms with Crippen LogP contribution in [-0.4, -0.2) is 39.3 Å². The molecule has 0 atom stereocenters. The van der Waals surface area contributed by atoms with Gasteiger partial charge in [0.25, 0.3) is 5.91 Å². The molecule has 4 aromatic rings. The molecule has 1 amide bonds. The molecule has 3 heterocycles. The van der Waals surface area contributed by atoms with Crippen molar-refractivity contribution in [1.82, 2.24) is 20.2 Å². The summed E-state index contributed by atoms with van der Waals surface area (Å²) >= 11 is 0. The fraction of sp³-hybridized carbons (Fsp3) is 0.130. The van der Waals surface area contributed by atoms with Crippen molar-refractivity contribution >= 4 is 11.7 Å². The molecule has 0 aliphatic carbocycles. The zero-order chi connectivity index (χ0) is 21.0. The van der Waals surface area contributed by atoms with E-state index >= 15 is 0 Å². The minimum absolute atomic E-state index is 0.0620. The number of H-pyrrole nitrogens is 1. The van der Waals surface area contributed by atoms with Gasteiger partial charge < -0.3 is 14.8 Å². The first-order valence-corrected chi connectivity index (χ1v) is 9.88. The Kier molecular flexibility index (Phi) is 5.02. The largest absolute Gasteiger partial charge is 0.486 e. The van der Waals surface area contributed by atoms with Gasteiger partial charge in [0.1, 0.15) is 24.9 Å². The minimum atomic E-state index is -0.435. The van der Waals surface area contributed by atoms with E-state index in [-0.39, 0.29) is 5.82 Å². The Bertz CT molecular complexity index is 1220. The van der Waals surface area contributed by atoms with Crippen LogP contribution < -0.4 is 14.8 Å². The summed E-state index contributed by atoms with van der Waals surface area (Å²) in [6, 6.07) is 19.2. The average Bonchev–Trinajstić information content (AvgIpc) is 3.28. The van der Waals surface area contributed by atoms with Crippen molar-refractivity contribution < 1.29 is 14.3 Å². The van der Waals surface area contributed by atoms with Crippen molar-refractivity contribution in [3.8, 4) is 22.6 Å². The molecular formula is C23H19N5O3. The Morgan fingerprint density at radius 1 is 1.03 bits per heavy atom. The van der Waals surface area contributed by atoms with Crippen LogP contribution in [0.3, 0.4) is 0 Å². The van der Waals surface area contributed by atoms with E-state index in [1.54, 1.807) is 12.3 Å². The number of hydrogen-bond donors (Lipinski definition) is 2. The van der Waals surface area contributed by atoms with Crippen LogP contribution in [0.4, 0.5) is 5.82 Å². The van der Waals surface area contributed by atoms with Crippen LogP contribution in [0, 0.1) is 0 Å². The minimum Gasteiger partial charge on any atom is -0.486 e. The molecule has 0 saturated carbocycles. The predicted octanol–water partition coefficient (Wildman–Crippen LogP) is 3.48. The molecule has 1 aliphatic rings. The van der Waals surface area contributed by atoms with E-state index in [4.69, 9.17) is 9.47 Å². The molecule has 0 spiro atoms. The molecule has 2 aromatic heterocycles. The quantitative estimate of drug-likeness (QED) is 0.519. The van der Waals surface area contributed by atoms with Gasteiger partial charge in [0.2, 0.25) is 5.82 Å². The van der Waals surface area contributed by atoms with Crippen LogP contribution in [-0.2, 0) is 6.42 Å². The van der Waals surface area contributed by atoms with Crippen LogP contribution in [0.15, 0.2) is 66.9 Å². The Labute approximate surface area is 178 Å². The summed E-state index contributed by atoms with van der Waals surface area (Å²) in [6.07, 6.45) is 2.20. The number of amides is 1. The molecule has 8 nitrogen and oxygen atoms in total. The van der Waals surface area contributed by atoms with Crippen molar-refractivity contribution in [1.29, 1.82) is 0 Å². The molecule has 8 heteroatoms. The number of hydrogen-bond acceptors (Lipinski definition) is 6. The molecule has 2 aromatic carbocycles. The van der Waals surface area contributed by atoms with Crippen LogP contribution >= 0.6 is 0 Å². The highest BCUT2D eigenvalue weighted by atomic mass is 16.6. The summed E-state index contributed by atoms with van der Waals surface area (Å²) in [4.78, 5) is 21.2. The summed E-state index contributed by atoms with van der Waals surface area (Å²) in [6.45, 7) is 1.02. The van der Waals surface area contributed by atoms with E-state index in [0.717, 1.165) is 16.7 Å². The number of nitrogens with one attached hydrogen (secondary N) is 2. The number of rotatable bonds is 5. The number of nitrogens with zero attached hydrogens (tertiary/aromatic N) is 3. The number of benzene rings is 2. The Hall–Kier alpha value is -4.20. The highest BCUT2D eigenvalue weighted by Gasteiger charge is 2.18.